The summed E-state index contributed by atoms with van der Waals surface area (Å²) in [5.74, 6) is 1.03. The number of fused-ring (bicyclic) bond motifs is 1. The van der Waals surface area contributed by atoms with Gasteiger partial charge in [0.2, 0.25) is 5.91 Å². The number of imidazole rings is 1. The second-order valence-corrected chi connectivity index (χ2v) is 5.61. The SMILES string of the molecule is Cc1nccn1[C@H](C)CC(=O)N1CCn2nc(C#N)cc2C1. The molecule has 1 amide bonds. The molecular weight excluding hydrogens is 280 g/mol. The fourth-order valence-corrected chi connectivity index (χ4v) is 2.87. The summed E-state index contributed by atoms with van der Waals surface area (Å²) >= 11 is 0. The first-order chi connectivity index (χ1) is 10.6. The number of rotatable bonds is 3. The lowest BCUT2D eigenvalue weighted by atomic mass is 10.2. The number of carbonyl (C=O) groups is 1. The first kappa shape index (κ1) is 14.3. The van der Waals surface area contributed by atoms with Crippen LogP contribution in [0.4, 0.5) is 0 Å². The third kappa shape index (κ3) is 2.60. The molecule has 0 unspecified atom stereocenters. The van der Waals surface area contributed by atoms with Gasteiger partial charge in [-0.15, -0.1) is 0 Å². The van der Waals surface area contributed by atoms with Crippen molar-refractivity contribution < 1.29 is 4.79 Å². The van der Waals surface area contributed by atoms with Crippen LogP contribution in [0.5, 0.6) is 0 Å². The number of aryl methyl sites for hydroxylation is 1. The predicted molar refractivity (Wildman–Crippen MR) is 78.7 cm³/mol. The Morgan fingerprint density at radius 2 is 2.32 bits per heavy atom. The highest BCUT2D eigenvalue weighted by Gasteiger charge is 2.24. The van der Waals surface area contributed by atoms with Crippen LogP contribution in [0.25, 0.3) is 0 Å². The van der Waals surface area contributed by atoms with E-state index in [0.717, 1.165) is 11.5 Å². The summed E-state index contributed by atoms with van der Waals surface area (Å²) in [7, 11) is 0. The Labute approximate surface area is 128 Å². The summed E-state index contributed by atoms with van der Waals surface area (Å²) in [5.41, 5.74) is 1.33. The largest absolute Gasteiger partial charge is 0.335 e. The molecule has 114 valence electrons. The lowest BCUT2D eigenvalue weighted by Gasteiger charge is -2.29. The van der Waals surface area contributed by atoms with Crippen molar-refractivity contribution in [3.8, 4) is 6.07 Å². The van der Waals surface area contributed by atoms with Gasteiger partial charge < -0.3 is 9.47 Å². The number of aromatic nitrogens is 4. The summed E-state index contributed by atoms with van der Waals surface area (Å²) in [5, 5.41) is 13.1. The van der Waals surface area contributed by atoms with Gasteiger partial charge in [0, 0.05) is 31.4 Å². The van der Waals surface area contributed by atoms with Crippen molar-refractivity contribution in [1.29, 1.82) is 5.26 Å². The molecule has 1 atom stereocenters. The van der Waals surface area contributed by atoms with Crippen molar-refractivity contribution in [3.05, 3.63) is 35.7 Å². The molecule has 0 fully saturated rings. The molecule has 0 bridgehead atoms. The third-order valence-electron chi connectivity index (χ3n) is 4.07. The van der Waals surface area contributed by atoms with Gasteiger partial charge in [-0.05, 0) is 19.9 Å². The topological polar surface area (TPSA) is 79.7 Å². The van der Waals surface area contributed by atoms with Crippen molar-refractivity contribution in [2.24, 2.45) is 0 Å². The van der Waals surface area contributed by atoms with Crippen molar-refractivity contribution in [3.63, 3.8) is 0 Å². The smallest absolute Gasteiger partial charge is 0.225 e. The molecule has 2 aromatic heterocycles. The van der Waals surface area contributed by atoms with Crippen LogP contribution in [0.2, 0.25) is 0 Å². The van der Waals surface area contributed by atoms with Crippen LogP contribution in [0.15, 0.2) is 18.5 Å². The van der Waals surface area contributed by atoms with E-state index in [2.05, 4.69) is 10.1 Å². The van der Waals surface area contributed by atoms with Gasteiger partial charge in [-0.2, -0.15) is 10.4 Å². The van der Waals surface area contributed by atoms with Crippen LogP contribution >= 0.6 is 0 Å². The van der Waals surface area contributed by atoms with Crippen molar-refractivity contribution in [2.75, 3.05) is 6.54 Å². The standard InChI is InChI=1S/C15H18N6O/c1-11(20-4-3-17-12(20)2)7-15(22)19-5-6-21-14(10-19)8-13(9-16)18-21/h3-4,8,11H,5-7,10H2,1-2H3/t11-/m1/s1. The van der Waals surface area contributed by atoms with Crippen LogP contribution in [0.3, 0.4) is 0 Å². The van der Waals surface area contributed by atoms with Crippen molar-refractivity contribution >= 4 is 5.91 Å². The molecule has 0 aromatic carbocycles. The summed E-state index contributed by atoms with van der Waals surface area (Å²) in [4.78, 5) is 18.5. The highest BCUT2D eigenvalue weighted by molar-refractivity contribution is 5.76. The zero-order valence-electron chi connectivity index (χ0n) is 12.7. The zero-order chi connectivity index (χ0) is 15.7. The predicted octanol–water partition coefficient (Wildman–Crippen LogP) is 1.25. The molecule has 0 radical (unpaired) electrons. The molecule has 1 aliphatic rings. The maximum atomic E-state index is 12.5. The Bertz CT molecular complexity index is 738. The van der Waals surface area contributed by atoms with Crippen LogP contribution < -0.4 is 0 Å². The quantitative estimate of drug-likeness (QED) is 0.854. The fraction of sp³-hybridized carbons (Fsp3) is 0.467. The highest BCUT2D eigenvalue weighted by atomic mass is 16.2. The Morgan fingerprint density at radius 1 is 1.50 bits per heavy atom. The van der Waals surface area contributed by atoms with Crippen LogP contribution in [0, 0.1) is 18.3 Å². The van der Waals surface area contributed by atoms with Gasteiger partial charge in [0.25, 0.3) is 0 Å². The molecule has 3 heterocycles. The Balaban J connectivity index is 1.67. The molecule has 7 nitrogen and oxygen atoms in total. The Hall–Kier alpha value is -2.62. The normalized spacial score (nSPS) is 15.2. The van der Waals surface area contributed by atoms with E-state index in [1.54, 1.807) is 12.3 Å². The first-order valence-corrected chi connectivity index (χ1v) is 7.32. The van der Waals surface area contributed by atoms with Gasteiger partial charge in [0.15, 0.2) is 5.69 Å². The van der Waals surface area contributed by atoms with Gasteiger partial charge in [-0.1, -0.05) is 0 Å². The molecular formula is C15H18N6O. The average Bonchev–Trinajstić information content (AvgIpc) is 3.11. The monoisotopic (exact) mass is 298 g/mol. The molecule has 0 saturated carbocycles. The number of nitriles is 1. The summed E-state index contributed by atoms with van der Waals surface area (Å²) < 4.78 is 3.83. The van der Waals surface area contributed by atoms with E-state index < -0.39 is 0 Å². The number of hydrogen-bond donors (Lipinski definition) is 0. The molecule has 0 aliphatic carbocycles. The zero-order valence-corrected chi connectivity index (χ0v) is 12.7. The van der Waals surface area contributed by atoms with E-state index in [0.29, 0.717) is 31.7 Å². The number of hydrogen-bond acceptors (Lipinski definition) is 4. The molecule has 1 aliphatic heterocycles. The minimum absolute atomic E-state index is 0.0801. The van der Waals surface area contributed by atoms with Gasteiger partial charge in [-0.25, -0.2) is 4.98 Å². The lowest BCUT2D eigenvalue weighted by molar-refractivity contribution is -0.133. The molecule has 0 N–H and O–H groups in total. The van der Waals surface area contributed by atoms with E-state index in [-0.39, 0.29) is 11.9 Å². The average molecular weight is 298 g/mol. The third-order valence-corrected chi connectivity index (χ3v) is 4.07. The fourth-order valence-electron chi connectivity index (χ4n) is 2.87. The first-order valence-electron chi connectivity index (χ1n) is 7.32. The minimum Gasteiger partial charge on any atom is -0.335 e. The Kier molecular flexibility index (Phi) is 3.67. The van der Waals surface area contributed by atoms with E-state index in [9.17, 15) is 4.79 Å². The van der Waals surface area contributed by atoms with Crippen molar-refractivity contribution in [2.45, 2.75) is 39.4 Å². The minimum atomic E-state index is 0.0801. The lowest BCUT2D eigenvalue weighted by Crippen LogP contribution is -2.39. The second kappa shape index (κ2) is 5.64. The Morgan fingerprint density at radius 3 is 3.00 bits per heavy atom. The van der Waals surface area contributed by atoms with E-state index >= 15 is 0 Å². The number of nitrogens with zero attached hydrogens (tertiary/aromatic N) is 6. The van der Waals surface area contributed by atoms with Gasteiger partial charge in [0.05, 0.1) is 18.8 Å². The van der Waals surface area contributed by atoms with E-state index in [4.69, 9.17) is 5.26 Å². The molecule has 3 rings (SSSR count). The molecule has 2 aromatic rings. The number of carbonyl (C=O) groups excluding carboxylic acids is 1. The van der Waals surface area contributed by atoms with E-state index in [1.807, 2.05) is 40.3 Å². The summed E-state index contributed by atoms with van der Waals surface area (Å²) in [6.45, 7) is 5.75. The van der Waals surface area contributed by atoms with Gasteiger partial charge >= 0.3 is 0 Å². The molecule has 0 spiro atoms. The summed E-state index contributed by atoms with van der Waals surface area (Å²) in [6.07, 6.45) is 4.09. The van der Waals surface area contributed by atoms with E-state index in [1.165, 1.54) is 0 Å². The number of amides is 1. The van der Waals surface area contributed by atoms with Crippen LogP contribution in [-0.4, -0.2) is 36.7 Å². The highest BCUT2D eigenvalue weighted by Crippen LogP contribution is 2.18. The van der Waals surface area contributed by atoms with Crippen LogP contribution in [0.1, 0.15) is 36.6 Å². The second-order valence-electron chi connectivity index (χ2n) is 5.61. The van der Waals surface area contributed by atoms with Gasteiger partial charge in [0.1, 0.15) is 11.9 Å². The van der Waals surface area contributed by atoms with Gasteiger partial charge in [-0.3, -0.25) is 9.48 Å². The molecule has 0 saturated heterocycles. The maximum absolute atomic E-state index is 12.5. The maximum Gasteiger partial charge on any atom is 0.225 e. The molecule has 22 heavy (non-hydrogen) atoms. The van der Waals surface area contributed by atoms with Crippen LogP contribution in [-0.2, 0) is 17.9 Å². The molecule has 7 heteroatoms. The summed E-state index contributed by atoms with van der Waals surface area (Å²) in [6, 6.07) is 3.87. The van der Waals surface area contributed by atoms with Crippen molar-refractivity contribution in [1.82, 2.24) is 24.2 Å².